The highest BCUT2D eigenvalue weighted by molar-refractivity contribution is 7.15. The number of nitrogens with zero attached hydrogens (tertiary/aromatic N) is 1. The molecule has 1 aromatic heterocycles. The summed E-state index contributed by atoms with van der Waals surface area (Å²) in [4.78, 5) is 17.2. The molecule has 0 atom stereocenters. The molecule has 0 saturated carbocycles. The van der Waals surface area contributed by atoms with Gasteiger partial charge in [-0.1, -0.05) is 58.5 Å². The third kappa shape index (κ3) is 5.50. The zero-order valence-electron chi connectivity index (χ0n) is 13.6. The van der Waals surface area contributed by atoms with Gasteiger partial charge in [0.25, 0.3) is 5.91 Å². The van der Waals surface area contributed by atoms with Gasteiger partial charge in [-0.25, -0.2) is 4.98 Å². The fraction of sp³-hybridized carbons (Fsp3) is 0.111. The number of ether oxygens (including phenoxy) is 1. The van der Waals surface area contributed by atoms with E-state index in [1.165, 1.54) is 11.3 Å². The maximum atomic E-state index is 12.0. The van der Waals surface area contributed by atoms with Gasteiger partial charge in [-0.05, 0) is 23.8 Å². The van der Waals surface area contributed by atoms with Crippen molar-refractivity contribution in [3.05, 3.63) is 73.1 Å². The number of thiazole rings is 1. The number of benzene rings is 2. The van der Waals surface area contributed by atoms with E-state index in [-0.39, 0.29) is 12.5 Å². The van der Waals surface area contributed by atoms with Crippen molar-refractivity contribution in [2.24, 2.45) is 0 Å². The molecule has 2 aromatic carbocycles. The minimum absolute atomic E-state index is 0.174. The van der Waals surface area contributed by atoms with Gasteiger partial charge in [0.1, 0.15) is 5.75 Å². The Morgan fingerprint density at radius 3 is 2.67 bits per heavy atom. The second kappa shape index (κ2) is 9.13. The molecule has 9 heteroatoms. The molecule has 0 spiro atoms. The summed E-state index contributed by atoms with van der Waals surface area (Å²) in [5.41, 5.74) is 0.897. The van der Waals surface area contributed by atoms with E-state index in [1.54, 1.807) is 30.5 Å². The first-order valence-corrected chi connectivity index (χ1v) is 10.0. The maximum Gasteiger partial charge on any atom is 0.264 e. The standard InChI is InChI=1S/C18H12Cl4N2O2S/c19-13-5-4-11(7-15(13)21)26-9-16(25)24-18-23-8-12(27-18)6-10-2-1-3-14(20)17(10)22/h1-5,7-8H,6,9H2,(H,23,24,25). The molecule has 1 N–H and O–H groups in total. The number of halogens is 4. The van der Waals surface area contributed by atoms with Crippen LogP contribution in [0.1, 0.15) is 10.4 Å². The van der Waals surface area contributed by atoms with E-state index in [0.29, 0.717) is 37.4 Å². The van der Waals surface area contributed by atoms with Crippen LogP contribution in [0.15, 0.2) is 42.6 Å². The molecule has 27 heavy (non-hydrogen) atoms. The molecule has 1 amide bonds. The molecule has 0 saturated heterocycles. The van der Waals surface area contributed by atoms with Gasteiger partial charge < -0.3 is 4.74 Å². The first-order valence-electron chi connectivity index (χ1n) is 7.67. The summed E-state index contributed by atoms with van der Waals surface area (Å²) < 4.78 is 5.40. The summed E-state index contributed by atoms with van der Waals surface area (Å²) >= 11 is 25.3. The summed E-state index contributed by atoms with van der Waals surface area (Å²) in [5, 5.41) is 4.98. The van der Waals surface area contributed by atoms with E-state index >= 15 is 0 Å². The summed E-state index contributed by atoms with van der Waals surface area (Å²) in [5.74, 6) is 0.123. The minimum Gasteiger partial charge on any atom is -0.484 e. The van der Waals surface area contributed by atoms with Crippen LogP contribution in [0.4, 0.5) is 5.13 Å². The van der Waals surface area contributed by atoms with Gasteiger partial charge in [0, 0.05) is 23.6 Å². The lowest BCUT2D eigenvalue weighted by molar-refractivity contribution is -0.118. The number of carbonyl (C=O) groups excluding carboxylic acids is 1. The number of aromatic nitrogens is 1. The monoisotopic (exact) mass is 460 g/mol. The van der Waals surface area contributed by atoms with Gasteiger partial charge in [0.15, 0.2) is 11.7 Å². The van der Waals surface area contributed by atoms with E-state index in [2.05, 4.69) is 10.3 Å². The molecule has 140 valence electrons. The predicted octanol–water partition coefficient (Wildman–Crippen LogP) is 6.37. The summed E-state index contributed by atoms with van der Waals surface area (Å²) in [6, 6.07) is 10.3. The average Bonchev–Trinajstić information content (AvgIpc) is 3.07. The van der Waals surface area contributed by atoms with Crippen molar-refractivity contribution in [1.82, 2.24) is 4.98 Å². The van der Waals surface area contributed by atoms with Gasteiger partial charge in [-0.15, -0.1) is 11.3 Å². The molecular weight excluding hydrogens is 450 g/mol. The van der Waals surface area contributed by atoms with Gasteiger partial charge in [0.2, 0.25) is 0 Å². The van der Waals surface area contributed by atoms with Crippen LogP contribution in [0.5, 0.6) is 5.75 Å². The lowest BCUT2D eigenvalue weighted by Crippen LogP contribution is -2.19. The fourth-order valence-corrected chi connectivity index (χ4v) is 3.72. The number of anilines is 1. The van der Waals surface area contributed by atoms with Crippen LogP contribution < -0.4 is 10.1 Å². The Morgan fingerprint density at radius 1 is 1.07 bits per heavy atom. The number of carbonyl (C=O) groups is 1. The summed E-state index contributed by atoms with van der Waals surface area (Å²) in [6.07, 6.45) is 2.27. The fourth-order valence-electron chi connectivity index (χ4n) is 2.19. The van der Waals surface area contributed by atoms with Gasteiger partial charge >= 0.3 is 0 Å². The van der Waals surface area contributed by atoms with Gasteiger partial charge in [-0.2, -0.15) is 0 Å². The molecule has 0 aliphatic rings. The Balaban J connectivity index is 1.56. The number of rotatable bonds is 6. The van der Waals surface area contributed by atoms with Crippen molar-refractivity contribution in [3.8, 4) is 5.75 Å². The molecule has 0 aliphatic heterocycles. The number of nitrogens with one attached hydrogen (secondary N) is 1. The maximum absolute atomic E-state index is 12.0. The minimum atomic E-state index is -0.331. The number of hydrogen-bond donors (Lipinski definition) is 1. The average molecular weight is 462 g/mol. The van der Waals surface area contributed by atoms with Gasteiger partial charge in [-0.3, -0.25) is 10.1 Å². The second-order valence-corrected chi connectivity index (χ2v) is 8.15. The molecule has 0 aliphatic carbocycles. The molecule has 3 rings (SSSR count). The molecule has 1 heterocycles. The first-order chi connectivity index (χ1) is 12.9. The molecule has 0 fully saturated rings. The Bertz CT molecular complexity index is 978. The van der Waals surface area contributed by atoms with E-state index < -0.39 is 0 Å². The van der Waals surface area contributed by atoms with E-state index in [4.69, 9.17) is 51.1 Å². The smallest absolute Gasteiger partial charge is 0.264 e. The zero-order valence-corrected chi connectivity index (χ0v) is 17.5. The Hall–Kier alpha value is -1.50. The van der Waals surface area contributed by atoms with Crippen LogP contribution >= 0.6 is 57.7 Å². The molecular formula is C18H12Cl4N2O2S. The third-order valence-corrected chi connectivity index (χ3v) is 5.97. The Morgan fingerprint density at radius 2 is 1.89 bits per heavy atom. The van der Waals surface area contributed by atoms with Crippen LogP contribution in [-0.2, 0) is 11.2 Å². The van der Waals surface area contributed by atoms with Crippen LogP contribution in [0.3, 0.4) is 0 Å². The number of amides is 1. The van der Waals surface area contributed by atoms with E-state index in [0.717, 1.165) is 10.4 Å². The molecule has 4 nitrogen and oxygen atoms in total. The quantitative estimate of drug-likeness (QED) is 0.464. The van der Waals surface area contributed by atoms with Crippen LogP contribution in [0.2, 0.25) is 20.1 Å². The highest BCUT2D eigenvalue weighted by atomic mass is 35.5. The van der Waals surface area contributed by atoms with Crippen molar-refractivity contribution in [2.45, 2.75) is 6.42 Å². The number of hydrogen-bond acceptors (Lipinski definition) is 4. The summed E-state index contributed by atoms with van der Waals surface area (Å²) in [6.45, 7) is -0.174. The molecule has 0 unspecified atom stereocenters. The zero-order chi connectivity index (χ0) is 19.4. The largest absolute Gasteiger partial charge is 0.484 e. The highest BCUT2D eigenvalue weighted by Gasteiger charge is 2.11. The predicted molar refractivity (Wildman–Crippen MR) is 112 cm³/mol. The van der Waals surface area contributed by atoms with Crippen molar-refractivity contribution in [1.29, 1.82) is 0 Å². The van der Waals surface area contributed by atoms with Crippen molar-refractivity contribution >= 4 is 68.8 Å². The second-order valence-electron chi connectivity index (χ2n) is 5.43. The van der Waals surface area contributed by atoms with E-state index in [1.807, 2.05) is 12.1 Å². The molecule has 3 aromatic rings. The lowest BCUT2D eigenvalue weighted by Gasteiger charge is -2.06. The van der Waals surface area contributed by atoms with Crippen molar-refractivity contribution in [3.63, 3.8) is 0 Å². The first kappa shape index (κ1) is 20.2. The lowest BCUT2D eigenvalue weighted by atomic mass is 10.1. The SMILES string of the molecule is O=C(COc1ccc(Cl)c(Cl)c1)Nc1ncc(Cc2cccc(Cl)c2Cl)s1. The van der Waals surface area contributed by atoms with Crippen molar-refractivity contribution < 1.29 is 9.53 Å². The Kier molecular flexibility index (Phi) is 6.84. The highest BCUT2D eigenvalue weighted by Crippen LogP contribution is 2.30. The molecule has 0 bridgehead atoms. The van der Waals surface area contributed by atoms with Gasteiger partial charge in [0.05, 0.1) is 20.1 Å². The third-order valence-electron chi connectivity index (χ3n) is 3.46. The normalized spacial score (nSPS) is 10.7. The molecule has 0 radical (unpaired) electrons. The Labute approximate surface area is 180 Å². The van der Waals surface area contributed by atoms with Crippen molar-refractivity contribution in [2.75, 3.05) is 11.9 Å². The van der Waals surface area contributed by atoms with Crippen LogP contribution in [0.25, 0.3) is 0 Å². The topological polar surface area (TPSA) is 51.2 Å². The van der Waals surface area contributed by atoms with Crippen LogP contribution in [0, 0.1) is 0 Å². The summed E-state index contributed by atoms with van der Waals surface area (Å²) in [7, 11) is 0. The van der Waals surface area contributed by atoms with E-state index in [9.17, 15) is 4.79 Å². The van der Waals surface area contributed by atoms with Crippen LogP contribution in [-0.4, -0.2) is 17.5 Å².